The van der Waals surface area contributed by atoms with Crippen LogP contribution in [0.2, 0.25) is 5.28 Å². The normalized spacial score (nSPS) is 14.7. The van der Waals surface area contributed by atoms with Gasteiger partial charge in [0.05, 0.1) is 19.6 Å². The molecule has 0 saturated heterocycles. The van der Waals surface area contributed by atoms with Crippen LogP contribution in [0.4, 0.5) is 0 Å². The molecule has 0 aromatic rings. The first-order valence-corrected chi connectivity index (χ1v) is 17.5. The van der Waals surface area contributed by atoms with Crippen LogP contribution < -0.4 is 29.6 Å². The molecule has 0 aromatic heterocycles. The summed E-state index contributed by atoms with van der Waals surface area (Å²) in [5, 5.41) is -0.451. The Morgan fingerprint density at radius 1 is 0.974 bits per heavy atom. The van der Waals surface area contributed by atoms with Crippen molar-refractivity contribution in [2.75, 3.05) is 13.2 Å². The third-order valence-electron chi connectivity index (χ3n) is 6.70. The summed E-state index contributed by atoms with van der Waals surface area (Å²) in [6.45, 7) is 10.6. The van der Waals surface area contributed by atoms with Crippen molar-refractivity contribution in [3.05, 3.63) is 22.7 Å². The van der Waals surface area contributed by atoms with Gasteiger partial charge in [0.2, 0.25) is 0 Å². The molecule has 0 fully saturated rings. The summed E-state index contributed by atoms with van der Waals surface area (Å²) in [6.07, 6.45) is 16.2. The van der Waals surface area contributed by atoms with Gasteiger partial charge in [0.1, 0.15) is 0 Å². The first kappa shape index (κ1) is 40.0. The second-order valence-electron chi connectivity index (χ2n) is 9.91. The molecule has 0 aliphatic heterocycles. The maximum Gasteiger partial charge on any atom is 1.00 e. The minimum Gasteiger partial charge on any atom is -1.00 e. The molecule has 0 bridgehead atoms. The fourth-order valence-electron chi connectivity index (χ4n) is 3.90. The van der Waals surface area contributed by atoms with Crippen LogP contribution in [0, 0.1) is 11.8 Å². The predicted molar refractivity (Wildman–Crippen MR) is 154 cm³/mol. The Hall–Kier alpha value is -0.138. The average molecular weight is 583 g/mol. The fourth-order valence-corrected chi connectivity index (χ4v) is 6.04. The zero-order valence-corrected chi connectivity index (χ0v) is 29.1. The zero-order chi connectivity index (χ0) is 28.1. The van der Waals surface area contributed by atoms with Crippen LogP contribution in [0.15, 0.2) is 22.7 Å². The molecule has 0 radical (unpaired) electrons. The SMILES string of the molecule is CCCCC(CC)COC(=O)CC(C(=O)OCC(CC)CCCC)S(=O)(=O)O.CC[CH2][AlH][C]1=CC=CC1.[H-].[Na+]. The van der Waals surface area contributed by atoms with E-state index in [1.54, 1.807) is 4.44 Å². The van der Waals surface area contributed by atoms with E-state index in [1.807, 2.05) is 13.8 Å². The monoisotopic (exact) mass is 582 g/mol. The molecule has 1 N–H and O–H groups in total. The van der Waals surface area contributed by atoms with E-state index < -0.39 is 33.7 Å². The molecule has 0 amide bonds. The third kappa shape index (κ3) is 19.8. The van der Waals surface area contributed by atoms with Gasteiger partial charge >= 0.3 is 41.5 Å². The van der Waals surface area contributed by atoms with Crippen LogP contribution in [0.3, 0.4) is 0 Å². The molecule has 0 saturated carbocycles. The van der Waals surface area contributed by atoms with Gasteiger partial charge in [-0.15, -0.1) is 4.44 Å². The van der Waals surface area contributed by atoms with Gasteiger partial charge in [-0.3, -0.25) is 14.1 Å². The molecule has 1 aliphatic carbocycles. The zero-order valence-electron chi connectivity index (χ0n) is 25.9. The van der Waals surface area contributed by atoms with Gasteiger partial charge in [-0.2, -0.15) is 8.42 Å². The molecule has 3 atom stereocenters. The number of allylic oxidation sites excluding steroid dienone is 4. The second kappa shape index (κ2) is 24.6. The van der Waals surface area contributed by atoms with E-state index in [0.29, 0.717) is 0 Å². The van der Waals surface area contributed by atoms with Gasteiger partial charge in [0.15, 0.2) is 5.25 Å². The summed E-state index contributed by atoms with van der Waals surface area (Å²) in [6, 6.07) is 0. The Morgan fingerprint density at radius 2 is 1.53 bits per heavy atom. The predicted octanol–water partition coefficient (Wildman–Crippen LogP) is 3.36. The summed E-state index contributed by atoms with van der Waals surface area (Å²) in [7, 11) is -4.76. The largest absolute Gasteiger partial charge is 1.00 e. The molecule has 216 valence electrons. The standard InChI is InChI=1S/C20H38O7S.C5H5.C3H7.Al.Na.2H/c1-5-9-11-16(7-3)14-26-19(21)13-18(28(23,24)25)20(22)27-15-17(8-4)12-10-6-2;1-2-4-5-3-1;1-3-2;;;;/h16-18H,5-15H2,1-4H3,(H,23,24,25);1-3H,4H2;1,3H2,2H3;;;;/q;;;;+1;;-1. The topological polar surface area (TPSA) is 107 Å². The van der Waals surface area contributed by atoms with Crippen molar-refractivity contribution >= 4 is 37.3 Å². The fraction of sp³-hybridized carbons (Fsp3) is 0.786. The maximum absolute atomic E-state index is 12.2. The Bertz CT molecular complexity index is 806. The molecule has 38 heavy (non-hydrogen) atoms. The molecular formula is C28H52AlNaO7S. The Morgan fingerprint density at radius 3 is 1.95 bits per heavy atom. The Labute approximate surface area is 262 Å². The second-order valence-corrected chi connectivity index (χ2v) is 13.6. The number of ether oxygens (including phenoxy) is 2. The number of esters is 2. The van der Waals surface area contributed by atoms with Gasteiger partial charge in [0, 0.05) is 0 Å². The molecule has 0 aromatic carbocycles. The molecule has 1 aliphatic rings. The number of carbonyl (C=O) groups excluding carboxylic acids is 2. The number of hydrogen-bond donors (Lipinski definition) is 1. The molecular weight excluding hydrogens is 530 g/mol. The van der Waals surface area contributed by atoms with E-state index in [9.17, 15) is 22.6 Å². The Balaban J connectivity index is -0.000000992. The molecule has 7 nitrogen and oxygen atoms in total. The minimum absolute atomic E-state index is 0. The van der Waals surface area contributed by atoms with Gasteiger partial charge < -0.3 is 10.9 Å². The summed E-state index contributed by atoms with van der Waals surface area (Å²) < 4.78 is 44.5. The number of rotatable bonds is 19. The van der Waals surface area contributed by atoms with E-state index in [-0.39, 0.29) is 71.3 Å². The third-order valence-corrected chi connectivity index (χ3v) is 10.0. The van der Waals surface area contributed by atoms with E-state index in [1.165, 1.54) is 18.1 Å². The van der Waals surface area contributed by atoms with Gasteiger partial charge in [-0.05, 0) is 31.1 Å². The molecule has 1 rings (SSSR count). The van der Waals surface area contributed by atoms with Crippen LogP contribution in [0.25, 0.3) is 0 Å². The summed E-state index contributed by atoms with van der Waals surface area (Å²) in [5.41, 5.74) is 0. The quantitative estimate of drug-likeness (QED) is 0.141. The van der Waals surface area contributed by atoms with Crippen LogP contribution in [-0.4, -0.2) is 58.6 Å². The van der Waals surface area contributed by atoms with Crippen molar-refractivity contribution in [1.82, 2.24) is 0 Å². The smallest absolute Gasteiger partial charge is 1.00 e. The average Bonchev–Trinajstić information content (AvgIpc) is 3.39. The van der Waals surface area contributed by atoms with Crippen LogP contribution in [0.5, 0.6) is 0 Å². The van der Waals surface area contributed by atoms with Crippen LogP contribution >= 0.6 is 0 Å². The maximum atomic E-state index is 12.2. The van der Waals surface area contributed by atoms with E-state index in [2.05, 4.69) is 39.0 Å². The van der Waals surface area contributed by atoms with Crippen molar-refractivity contribution in [3.8, 4) is 0 Å². The number of carbonyl (C=O) groups is 2. The van der Waals surface area contributed by atoms with Crippen molar-refractivity contribution in [3.63, 3.8) is 0 Å². The van der Waals surface area contributed by atoms with Gasteiger partial charge in [0.25, 0.3) is 25.3 Å². The van der Waals surface area contributed by atoms with E-state index >= 15 is 0 Å². The number of hydrogen-bond acceptors (Lipinski definition) is 6. The summed E-state index contributed by atoms with van der Waals surface area (Å²) in [5.74, 6) is -1.61. The van der Waals surface area contributed by atoms with Crippen molar-refractivity contribution < 1.29 is 63.0 Å². The Kier molecular flexibility index (Phi) is 25.9. The van der Waals surface area contributed by atoms with Crippen molar-refractivity contribution in [2.45, 2.75) is 116 Å². The van der Waals surface area contributed by atoms with Crippen molar-refractivity contribution in [2.24, 2.45) is 11.8 Å². The van der Waals surface area contributed by atoms with E-state index in [0.717, 1.165) is 51.4 Å². The van der Waals surface area contributed by atoms with Crippen LogP contribution in [-0.2, 0) is 29.2 Å². The molecule has 3 unspecified atom stereocenters. The summed E-state index contributed by atoms with van der Waals surface area (Å²) >= 11 is 0.186. The minimum atomic E-state index is -4.76. The molecule has 0 spiro atoms. The van der Waals surface area contributed by atoms with Gasteiger partial charge in [-0.1, -0.05) is 103 Å². The summed E-state index contributed by atoms with van der Waals surface area (Å²) in [4.78, 5) is 24.2. The van der Waals surface area contributed by atoms with Crippen molar-refractivity contribution in [1.29, 1.82) is 0 Å². The first-order chi connectivity index (χ1) is 17.6. The molecule has 0 heterocycles. The first-order valence-electron chi connectivity index (χ1n) is 14.3. The van der Waals surface area contributed by atoms with Gasteiger partial charge in [-0.25, -0.2) is 0 Å². The van der Waals surface area contributed by atoms with Crippen LogP contribution in [0.1, 0.15) is 107 Å². The van der Waals surface area contributed by atoms with E-state index in [4.69, 9.17) is 9.47 Å². The number of unbranched alkanes of at least 4 members (excludes halogenated alkanes) is 2. The molecule has 10 heteroatoms.